The molecule has 0 bridgehead atoms. The van der Waals surface area contributed by atoms with Crippen LogP contribution in [0.15, 0.2) is 30.3 Å². The zero-order chi connectivity index (χ0) is 12.3. The molecule has 0 aliphatic heterocycles. The number of ether oxygens (including phenoxy) is 1. The quantitative estimate of drug-likeness (QED) is 0.673. The second-order valence-corrected chi connectivity index (χ2v) is 4.24. The van der Waals surface area contributed by atoms with Crippen molar-refractivity contribution in [2.24, 2.45) is 0 Å². The zero-order valence-electron chi connectivity index (χ0n) is 9.35. The first-order valence-corrected chi connectivity index (χ1v) is 6.17. The Kier molecular flexibility index (Phi) is 3.92. The Labute approximate surface area is 111 Å². The van der Waals surface area contributed by atoms with Crippen molar-refractivity contribution in [2.75, 3.05) is 12.9 Å². The molecule has 0 spiro atoms. The van der Waals surface area contributed by atoms with Crippen LogP contribution in [0.4, 0.5) is 0 Å². The van der Waals surface area contributed by atoms with E-state index in [1.54, 1.807) is 7.11 Å². The second-order valence-electron chi connectivity index (χ2n) is 3.51. The highest BCUT2D eigenvalue weighted by Crippen LogP contribution is 2.25. The molecule has 17 heavy (non-hydrogen) atoms. The lowest BCUT2D eigenvalue weighted by atomic mass is 10.1. The van der Waals surface area contributed by atoms with Crippen LogP contribution in [0.5, 0.6) is 5.75 Å². The lowest BCUT2D eigenvalue weighted by Crippen LogP contribution is -1.87. The van der Waals surface area contributed by atoms with Gasteiger partial charge in [-0.15, -0.1) is 0 Å². The molecule has 0 aliphatic rings. The van der Waals surface area contributed by atoms with Crippen molar-refractivity contribution in [3.8, 4) is 5.75 Å². The fraction of sp³-hybridized carbons (Fsp3) is 0.154. The fourth-order valence-electron chi connectivity index (χ4n) is 1.57. The summed E-state index contributed by atoms with van der Waals surface area (Å²) in [5, 5.41) is 1.51. The summed E-state index contributed by atoms with van der Waals surface area (Å²) in [4.78, 5) is 4.34. The molecule has 1 aromatic heterocycles. The van der Waals surface area contributed by atoms with Gasteiger partial charge in [-0.25, -0.2) is 4.98 Å². The molecular formula is C13H12ClNOS. The number of methoxy groups -OCH3 is 1. The van der Waals surface area contributed by atoms with Gasteiger partial charge in [-0.3, -0.25) is 0 Å². The lowest BCUT2D eigenvalue weighted by molar-refractivity contribution is 0.415. The van der Waals surface area contributed by atoms with Gasteiger partial charge >= 0.3 is 0 Å². The Morgan fingerprint density at radius 2 is 2.24 bits per heavy atom. The molecule has 1 aromatic carbocycles. The number of hydrogen-bond acceptors (Lipinski definition) is 3. The Morgan fingerprint density at radius 1 is 1.41 bits per heavy atom. The molecule has 0 aliphatic carbocycles. The van der Waals surface area contributed by atoms with Crippen molar-refractivity contribution >= 4 is 41.2 Å². The van der Waals surface area contributed by atoms with Crippen molar-refractivity contribution in [1.29, 1.82) is 0 Å². The minimum absolute atomic E-state index is 0.501. The third-order valence-corrected chi connectivity index (χ3v) is 2.92. The Bertz CT molecular complexity index is 569. The summed E-state index contributed by atoms with van der Waals surface area (Å²) in [7, 11) is 1.65. The van der Waals surface area contributed by atoms with Gasteiger partial charge in [0, 0.05) is 16.7 Å². The highest BCUT2D eigenvalue weighted by molar-refractivity contribution is 7.80. The fourth-order valence-corrected chi connectivity index (χ4v) is 1.88. The summed E-state index contributed by atoms with van der Waals surface area (Å²) < 4.78 is 5.18. The maximum atomic E-state index is 6.09. The number of halogens is 1. The average Bonchev–Trinajstić information content (AvgIpc) is 2.35. The standard InChI is InChI=1S/C13H12ClNOS/c1-16-11-4-5-12-10(8-11)7-9(3-2-6-17)13(14)15-12/h2-5,7-8,17H,6H2,1H3. The first kappa shape index (κ1) is 12.3. The third-order valence-electron chi connectivity index (χ3n) is 2.41. The van der Waals surface area contributed by atoms with Crippen LogP contribution < -0.4 is 4.74 Å². The Balaban J connectivity index is 2.56. The summed E-state index contributed by atoms with van der Waals surface area (Å²) >= 11 is 10.2. The van der Waals surface area contributed by atoms with E-state index in [2.05, 4.69) is 17.6 Å². The van der Waals surface area contributed by atoms with Gasteiger partial charge in [-0.2, -0.15) is 12.6 Å². The maximum absolute atomic E-state index is 6.09. The van der Waals surface area contributed by atoms with Gasteiger partial charge < -0.3 is 4.74 Å². The number of hydrogen-bond donors (Lipinski definition) is 1. The number of pyridine rings is 1. The van der Waals surface area contributed by atoms with Crippen molar-refractivity contribution < 1.29 is 4.74 Å². The molecule has 2 nitrogen and oxygen atoms in total. The van der Waals surface area contributed by atoms with Crippen LogP contribution in [0.1, 0.15) is 5.56 Å². The van der Waals surface area contributed by atoms with Crippen LogP contribution in [0, 0.1) is 0 Å². The van der Waals surface area contributed by atoms with Crippen molar-refractivity contribution in [2.45, 2.75) is 0 Å². The minimum Gasteiger partial charge on any atom is -0.497 e. The number of aromatic nitrogens is 1. The van der Waals surface area contributed by atoms with Crippen molar-refractivity contribution in [3.05, 3.63) is 41.1 Å². The van der Waals surface area contributed by atoms with Crippen LogP contribution >= 0.6 is 24.2 Å². The number of nitrogens with zero attached hydrogens (tertiary/aromatic N) is 1. The van der Waals surface area contributed by atoms with Gasteiger partial charge in [-0.05, 0) is 24.3 Å². The van der Waals surface area contributed by atoms with Gasteiger partial charge in [0.2, 0.25) is 0 Å². The molecule has 0 saturated heterocycles. The molecule has 0 unspecified atom stereocenters. The zero-order valence-corrected chi connectivity index (χ0v) is 11.0. The molecule has 0 radical (unpaired) electrons. The molecule has 0 amide bonds. The number of rotatable bonds is 3. The van der Waals surface area contributed by atoms with Crippen LogP contribution in [-0.4, -0.2) is 17.8 Å². The highest BCUT2D eigenvalue weighted by atomic mass is 35.5. The minimum atomic E-state index is 0.501. The van der Waals surface area contributed by atoms with E-state index in [4.69, 9.17) is 16.3 Å². The molecule has 88 valence electrons. The van der Waals surface area contributed by atoms with E-state index in [1.807, 2.05) is 36.4 Å². The van der Waals surface area contributed by atoms with E-state index < -0.39 is 0 Å². The van der Waals surface area contributed by atoms with Crippen LogP contribution in [0.25, 0.3) is 17.0 Å². The highest BCUT2D eigenvalue weighted by Gasteiger charge is 2.03. The molecular weight excluding hydrogens is 254 g/mol. The SMILES string of the molecule is COc1ccc2nc(Cl)c(C=CCS)cc2c1. The van der Waals surface area contributed by atoms with E-state index >= 15 is 0 Å². The van der Waals surface area contributed by atoms with E-state index in [9.17, 15) is 0 Å². The molecule has 0 saturated carbocycles. The van der Waals surface area contributed by atoms with Gasteiger partial charge in [0.25, 0.3) is 0 Å². The normalized spacial score (nSPS) is 11.2. The van der Waals surface area contributed by atoms with E-state index in [1.165, 1.54) is 0 Å². The van der Waals surface area contributed by atoms with Crippen molar-refractivity contribution in [3.63, 3.8) is 0 Å². The summed E-state index contributed by atoms with van der Waals surface area (Å²) in [6.45, 7) is 0. The summed E-state index contributed by atoms with van der Waals surface area (Å²) in [6.07, 6.45) is 3.85. The molecule has 2 rings (SSSR count). The molecule has 0 fully saturated rings. The Morgan fingerprint density at radius 3 is 2.94 bits per heavy atom. The van der Waals surface area contributed by atoms with E-state index in [0.717, 1.165) is 22.2 Å². The van der Waals surface area contributed by atoms with Crippen LogP contribution in [0.3, 0.4) is 0 Å². The molecule has 1 heterocycles. The summed E-state index contributed by atoms with van der Waals surface area (Å²) in [6, 6.07) is 7.70. The van der Waals surface area contributed by atoms with Crippen molar-refractivity contribution in [1.82, 2.24) is 4.98 Å². The average molecular weight is 266 g/mol. The second kappa shape index (κ2) is 5.43. The summed E-state index contributed by atoms with van der Waals surface area (Å²) in [5.41, 5.74) is 1.75. The first-order valence-electron chi connectivity index (χ1n) is 5.16. The third kappa shape index (κ3) is 2.73. The number of benzene rings is 1. The Hall–Kier alpha value is -1.19. The topological polar surface area (TPSA) is 22.1 Å². The predicted molar refractivity (Wildman–Crippen MR) is 76.2 cm³/mol. The van der Waals surface area contributed by atoms with Crippen LogP contribution in [0.2, 0.25) is 5.15 Å². The monoisotopic (exact) mass is 265 g/mol. The van der Waals surface area contributed by atoms with Gasteiger partial charge in [0.1, 0.15) is 10.9 Å². The largest absolute Gasteiger partial charge is 0.497 e. The smallest absolute Gasteiger partial charge is 0.136 e. The van der Waals surface area contributed by atoms with Gasteiger partial charge in [0.15, 0.2) is 0 Å². The van der Waals surface area contributed by atoms with Gasteiger partial charge in [-0.1, -0.05) is 23.8 Å². The number of fused-ring (bicyclic) bond motifs is 1. The molecule has 2 aromatic rings. The van der Waals surface area contributed by atoms with E-state index in [0.29, 0.717) is 10.9 Å². The molecule has 4 heteroatoms. The van der Waals surface area contributed by atoms with E-state index in [-0.39, 0.29) is 0 Å². The first-order chi connectivity index (χ1) is 8.24. The van der Waals surface area contributed by atoms with Crippen LogP contribution in [-0.2, 0) is 0 Å². The molecule has 0 atom stereocenters. The number of thiol groups is 1. The maximum Gasteiger partial charge on any atom is 0.136 e. The van der Waals surface area contributed by atoms with Gasteiger partial charge in [0.05, 0.1) is 12.6 Å². The molecule has 0 N–H and O–H groups in total. The lowest BCUT2D eigenvalue weighted by Gasteiger charge is -2.04. The summed E-state index contributed by atoms with van der Waals surface area (Å²) in [5.74, 6) is 1.48. The predicted octanol–water partition coefficient (Wildman–Crippen LogP) is 3.84.